The highest BCUT2D eigenvalue weighted by atomic mass is 79.9. The fourth-order valence-corrected chi connectivity index (χ4v) is 3.79. The first-order chi connectivity index (χ1) is 9.22. The highest BCUT2D eigenvalue weighted by Gasteiger charge is 2.18. The molecule has 3 nitrogen and oxygen atoms in total. The largest absolute Gasteiger partial charge is 0.360 e. The predicted octanol–water partition coefficient (Wildman–Crippen LogP) is 3.96. The van der Waals surface area contributed by atoms with Crippen LogP contribution in [0.3, 0.4) is 0 Å². The Morgan fingerprint density at radius 1 is 1.47 bits per heavy atom. The van der Waals surface area contributed by atoms with Crippen LogP contribution in [0.4, 0.5) is 5.13 Å². The number of aromatic nitrogens is 1. The Labute approximate surface area is 126 Å². The summed E-state index contributed by atoms with van der Waals surface area (Å²) >= 11 is 5.22. The Balaban J connectivity index is 1.68. The fourth-order valence-electron chi connectivity index (χ4n) is 2.58. The molecule has 0 aliphatic carbocycles. The molecule has 1 atom stereocenters. The maximum atomic E-state index is 4.64. The molecule has 102 valence electrons. The molecular formula is C14H18BrN3S. The van der Waals surface area contributed by atoms with Gasteiger partial charge in [-0.2, -0.15) is 0 Å². The molecule has 19 heavy (non-hydrogen) atoms. The fraction of sp³-hybridized carbons (Fsp3) is 0.500. The lowest BCUT2D eigenvalue weighted by Gasteiger charge is -2.32. The van der Waals surface area contributed by atoms with Gasteiger partial charge in [-0.3, -0.25) is 0 Å². The molecule has 2 aromatic rings. The molecule has 1 fully saturated rings. The summed E-state index contributed by atoms with van der Waals surface area (Å²) in [5.74, 6) is 0. The van der Waals surface area contributed by atoms with Crippen LogP contribution in [0.25, 0.3) is 10.2 Å². The smallest absolute Gasteiger partial charge is 0.183 e. The van der Waals surface area contributed by atoms with Crippen LogP contribution in [-0.2, 0) is 0 Å². The van der Waals surface area contributed by atoms with Gasteiger partial charge >= 0.3 is 0 Å². The van der Waals surface area contributed by atoms with E-state index in [1.54, 1.807) is 11.3 Å². The molecule has 1 aromatic heterocycles. The molecule has 0 radical (unpaired) electrons. The van der Waals surface area contributed by atoms with Crippen molar-refractivity contribution >= 4 is 42.6 Å². The molecule has 0 saturated carbocycles. The van der Waals surface area contributed by atoms with E-state index >= 15 is 0 Å². The van der Waals surface area contributed by atoms with Crippen LogP contribution in [0.1, 0.15) is 19.3 Å². The highest BCUT2D eigenvalue weighted by molar-refractivity contribution is 9.10. The standard InChI is InChI=1S/C14H18BrN3S/c1-18-7-3-2-4-11(18)9-16-14-17-12-8-10(15)5-6-13(12)19-14/h5-6,8,11H,2-4,7,9H2,1H3,(H,16,17). The van der Waals surface area contributed by atoms with Crippen LogP contribution in [-0.4, -0.2) is 36.1 Å². The first-order valence-corrected chi connectivity index (χ1v) is 8.33. The van der Waals surface area contributed by atoms with Crippen molar-refractivity contribution in [1.29, 1.82) is 0 Å². The summed E-state index contributed by atoms with van der Waals surface area (Å²) in [6.07, 6.45) is 3.98. The topological polar surface area (TPSA) is 28.2 Å². The van der Waals surface area contributed by atoms with Crippen LogP contribution >= 0.6 is 27.3 Å². The lowest BCUT2D eigenvalue weighted by Crippen LogP contribution is -2.40. The monoisotopic (exact) mass is 339 g/mol. The van der Waals surface area contributed by atoms with Crippen molar-refractivity contribution in [2.45, 2.75) is 25.3 Å². The summed E-state index contributed by atoms with van der Waals surface area (Å²) in [7, 11) is 2.22. The Morgan fingerprint density at radius 3 is 3.21 bits per heavy atom. The zero-order valence-corrected chi connectivity index (χ0v) is 13.4. The van der Waals surface area contributed by atoms with Gasteiger partial charge in [-0.15, -0.1) is 0 Å². The molecule has 1 aliphatic heterocycles. The zero-order chi connectivity index (χ0) is 13.2. The number of likely N-dealkylation sites (N-methyl/N-ethyl adjacent to an activating group) is 1. The minimum absolute atomic E-state index is 0.646. The second-order valence-corrected chi connectivity index (χ2v) is 7.09. The molecule has 0 bridgehead atoms. The Bertz CT molecular complexity index is 569. The Kier molecular flexibility index (Phi) is 4.05. The van der Waals surface area contributed by atoms with E-state index in [4.69, 9.17) is 0 Å². The number of nitrogens with one attached hydrogen (secondary N) is 1. The van der Waals surface area contributed by atoms with E-state index in [1.165, 1.54) is 30.5 Å². The number of hydrogen-bond donors (Lipinski definition) is 1. The average Bonchev–Trinajstić information content (AvgIpc) is 2.79. The lowest BCUT2D eigenvalue weighted by atomic mass is 10.0. The second-order valence-electron chi connectivity index (χ2n) is 5.14. The predicted molar refractivity (Wildman–Crippen MR) is 86.1 cm³/mol. The third-order valence-corrected chi connectivity index (χ3v) is 5.25. The van der Waals surface area contributed by atoms with Crippen LogP contribution in [0, 0.1) is 0 Å². The Morgan fingerprint density at radius 2 is 2.37 bits per heavy atom. The summed E-state index contributed by atoms with van der Waals surface area (Å²) in [6, 6.07) is 6.91. The van der Waals surface area contributed by atoms with E-state index in [0.717, 1.165) is 21.7 Å². The second kappa shape index (κ2) is 5.77. The van der Waals surface area contributed by atoms with Gasteiger partial charge in [-0.05, 0) is 44.6 Å². The van der Waals surface area contributed by atoms with Crippen molar-refractivity contribution in [3.63, 3.8) is 0 Å². The maximum absolute atomic E-state index is 4.64. The molecule has 0 amide bonds. The number of nitrogens with zero attached hydrogens (tertiary/aromatic N) is 2. The summed E-state index contributed by atoms with van der Waals surface area (Å²) in [4.78, 5) is 7.10. The first-order valence-electron chi connectivity index (χ1n) is 6.72. The number of benzene rings is 1. The number of halogens is 1. The van der Waals surface area contributed by atoms with Crippen molar-refractivity contribution < 1.29 is 0 Å². The molecule has 2 heterocycles. The van der Waals surface area contributed by atoms with Gasteiger partial charge in [-0.1, -0.05) is 33.7 Å². The molecule has 1 aliphatic rings. The third kappa shape index (κ3) is 3.09. The van der Waals surface area contributed by atoms with E-state index in [0.29, 0.717) is 6.04 Å². The average molecular weight is 340 g/mol. The molecule has 1 unspecified atom stereocenters. The first kappa shape index (κ1) is 13.3. The molecule has 1 N–H and O–H groups in total. The van der Waals surface area contributed by atoms with E-state index in [1.807, 2.05) is 0 Å². The third-order valence-electron chi connectivity index (χ3n) is 3.76. The molecule has 5 heteroatoms. The van der Waals surface area contributed by atoms with Gasteiger partial charge in [0.05, 0.1) is 10.2 Å². The number of rotatable bonds is 3. The van der Waals surface area contributed by atoms with E-state index in [9.17, 15) is 0 Å². The summed E-state index contributed by atoms with van der Waals surface area (Å²) < 4.78 is 2.33. The SMILES string of the molecule is CN1CCCCC1CNc1nc2cc(Br)ccc2s1. The summed E-state index contributed by atoms with van der Waals surface area (Å²) in [6.45, 7) is 2.22. The molecule has 3 rings (SSSR count). The van der Waals surface area contributed by atoms with Crippen molar-refractivity contribution in [2.24, 2.45) is 0 Å². The van der Waals surface area contributed by atoms with Crippen molar-refractivity contribution in [1.82, 2.24) is 9.88 Å². The van der Waals surface area contributed by atoms with E-state index in [2.05, 4.69) is 56.4 Å². The zero-order valence-electron chi connectivity index (χ0n) is 11.0. The van der Waals surface area contributed by atoms with Crippen LogP contribution in [0.5, 0.6) is 0 Å². The van der Waals surface area contributed by atoms with Gasteiger partial charge in [0.15, 0.2) is 5.13 Å². The number of hydrogen-bond acceptors (Lipinski definition) is 4. The minimum atomic E-state index is 0.646. The van der Waals surface area contributed by atoms with Gasteiger partial charge in [0.2, 0.25) is 0 Å². The maximum Gasteiger partial charge on any atom is 0.183 e. The van der Waals surface area contributed by atoms with Crippen molar-refractivity contribution in [2.75, 3.05) is 25.5 Å². The lowest BCUT2D eigenvalue weighted by molar-refractivity contribution is 0.194. The number of anilines is 1. The van der Waals surface area contributed by atoms with Crippen molar-refractivity contribution in [3.05, 3.63) is 22.7 Å². The molecular weight excluding hydrogens is 322 g/mol. The van der Waals surface area contributed by atoms with Gasteiger partial charge in [0.1, 0.15) is 0 Å². The summed E-state index contributed by atoms with van der Waals surface area (Å²) in [5.41, 5.74) is 1.07. The van der Waals surface area contributed by atoms with Gasteiger partial charge in [-0.25, -0.2) is 4.98 Å². The van der Waals surface area contributed by atoms with Crippen LogP contribution < -0.4 is 5.32 Å². The normalized spacial score (nSPS) is 20.8. The molecule has 1 saturated heterocycles. The number of thiazole rings is 1. The summed E-state index contributed by atoms with van der Waals surface area (Å²) in [5, 5.41) is 4.54. The highest BCUT2D eigenvalue weighted by Crippen LogP contribution is 2.28. The molecule has 1 aromatic carbocycles. The van der Waals surface area contributed by atoms with E-state index < -0.39 is 0 Å². The van der Waals surface area contributed by atoms with Gasteiger partial charge in [0.25, 0.3) is 0 Å². The minimum Gasteiger partial charge on any atom is -0.360 e. The van der Waals surface area contributed by atoms with Gasteiger partial charge in [0, 0.05) is 17.1 Å². The van der Waals surface area contributed by atoms with Crippen LogP contribution in [0.15, 0.2) is 22.7 Å². The van der Waals surface area contributed by atoms with Gasteiger partial charge < -0.3 is 10.2 Å². The number of piperidine rings is 1. The molecule has 0 spiro atoms. The number of likely N-dealkylation sites (tertiary alicyclic amines) is 1. The number of fused-ring (bicyclic) bond motifs is 1. The van der Waals surface area contributed by atoms with Crippen LogP contribution in [0.2, 0.25) is 0 Å². The quantitative estimate of drug-likeness (QED) is 0.917. The van der Waals surface area contributed by atoms with Crippen molar-refractivity contribution in [3.8, 4) is 0 Å². The Hall–Kier alpha value is -0.650. The van der Waals surface area contributed by atoms with E-state index in [-0.39, 0.29) is 0 Å².